The molecule has 7 heteroatoms. The predicted octanol–water partition coefficient (Wildman–Crippen LogP) is 1.26. The van der Waals surface area contributed by atoms with Crippen molar-refractivity contribution in [3.8, 4) is 0 Å². The molecule has 3 N–H and O–H groups in total. The molecule has 1 heterocycles. The van der Waals surface area contributed by atoms with Crippen LogP contribution in [0.15, 0.2) is 12.4 Å². The van der Waals surface area contributed by atoms with Gasteiger partial charge in [0.15, 0.2) is 0 Å². The number of rotatable bonds is 7. The second kappa shape index (κ2) is 8.90. The molecule has 0 aliphatic rings. The molecule has 0 aliphatic carbocycles. The molecule has 0 radical (unpaired) electrons. The zero-order valence-electron chi connectivity index (χ0n) is 11.6. The van der Waals surface area contributed by atoms with Gasteiger partial charge in [0.05, 0.1) is 31.1 Å². The van der Waals surface area contributed by atoms with E-state index in [9.17, 15) is 4.79 Å². The highest BCUT2D eigenvalue weighted by Crippen LogP contribution is 2.08. The molecule has 0 saturated heterocycles. The molecule has 1 atom stereocenters. The lowest BCUT2D eigenvalue weighted by atomic mass is 10.0. The maximum atomic E-state index is 11.8. The summed E-state index contributed by atoms with van der Waals surface area (Å²) < 4.78 is 6.67. The van der Waals surface area contributed by atoms with E-state index < -0.39 is 6.04 Å². The number of aromatic nitrogens is 2. The molecule has 0 fully saturated rings. The third kappa shape index (κ3) is 6.56. The van der Waals surface area contributed by atoms with E-state index in [1.165, 1.54) is 0 Å². The third-order valence-corrected chi connectivity index (χ3v) is 2.49. The lowest BCUT2D eigenvalue weighted by Gasteiger charge is -2.12. The molecule has 0 spiro atoms. The van der Waals surface area contributed by atoms with Crippen molar-refractivity contribution in [2.24, 2.45) is 11.7 Å². The summed E-state index contributed by atoms with van der Waals surface area (Å²) in [6.07, 6.45) is 4.04. The van der Waals surface area contributed by atoms with Crippen LogP contribution in [0.25, 0.3) is 0 Å². The highest BCUT2D eigenvalue weighted by Gasteiger charge is 2.15. The van der Waals surface area contributed by atoms with Crippen molar-refractivity contribution < 1.29 is 9.53 Å². The first-order chi connectivity index (χ1) is 8.52. The molecule has 0 aliphatic heterocycles. The lowest BCUT2D eigenvalue weighted by Crippen LogP contribution is -2.36. The van der Waals surface area contributed by atoms with Crippen LogP contribution in [0.2, 0.25) is 0 Å². The fourth-order valence-corrected chi connectivity index (χ4v) is 1.59. The lowest BCUT2D eigenvalue weighted by molar-refractivity contribution is -0.117. The number of nitrogens with zero attached hydrogens (tertiary/aromatic N) is 2. The molecule has 0 aromatic carbocycles. The molecule has 6 nitrogen and oxygen atoms in total. The van der Waals surface area contributed by atoms with Gasteiger partial charge in [-0.2, -0.15) is 5.10 Å². The Hall–Kier alpha value is -1.11. The van der Waals surface area contributed by atoms with E-state index >= 15 is 0 Å². The first-order valence-corrected chi connectivity index (χ1v) is 6.10. The highest BCUT2D eigenvalue weighted by molar-refractivity contribution is 5.94. The summed E-state index contributed by atoms with van der Waals surface area (Å²) in [5.74, 6) is 0.227. The predicted molar refractivity (Wildman–Crippen MR) is 77.4 cm³/mol. The SMILES string of the molecule is COCCn1cc(NC(=O)[C@@H](N)CC(C)C)cn1.Cl. The molecule has 0 unspecified atom stereocenters. The Morgan fingerprint density at radius 2 is 2.26 bits per heavy atom. The molecular formula is C12H23ClN4O2. The average Bonchev–Trinajstić information content (AvgIpc) is 2.73. The zero-order chi connectivity index (χ0) is 13.5. The van der Waals surface area contributed by atoms with Gasteiger partial charge in [0, 0.05) is 13.3 Å². The van der Waals surface area contributed by atoms with Gasteiger partial charge in [-0.25, -0.2) is 0 Å². The van der Waals surface area contributed by atoms with Crippen molar-refractivity contribution in [1.82, 2.24) is 9.78 Å². The summed E-state index contributed by atoms with van der Waals surface area (Å²) in [6.45, 7) is 5.32. The summed E-state index contributed by atoms with van der Waals surface area (Å²) in [5, 5.41) is 6.86. The van der Waals surface area contributed by atoms with Crippen molar-refractivity contribution >= 4 is 24.0 Å². The first kappa shape index (κ1) is 17.9. The number of anilines is 1. The molecule has 110 valence electrons. The van der Waals surface area contributed by atoms with Crippen molar-refractivity contribution in [2.75, 3.05) is 19.0 Å². The monoisotopic (exact) mass is 290 g/mol. The van der Waals surface area contributed by atoms with Crippen molar-refractivity contribution in [3.05, 3.63) is 12.4 Å². The van der Waals surface area contributed by atoms with E-state index in [2.05, 4.69) is 10.4 Å². The Kier molecular flexibility index (Phi) is 8.38. The number of nitrogens with one attached hydrogen (secondary N) is 1. The van der Waals surface area contributed by atoms with Crippen LogP contribution in [0, 0.1) is 5.92 Å². The number of methoxy groups -OCH3 is 1. The Morgan fingerprint density at radius 3 is 2.84 bits per heavy atom. The minimum atomic E-state index is -0.479. The molecule has 0 saturated carbocycles. The molecule has 19 heavy (non-hydrogen) atoms. The number of nitrogens with two attached hydrogens (primary N) is 1. The topological polar surface area (TPSA) is 82.2 Å². The van der Waals surface area contributed by atoms with Gasteiger partial charge in [0.2, 0.25) is 5.91 Å². The maximum absolute atomic E-state index is 11.8. The molecule has 1 aromatic heterocycles. The van der Waals surface area contributed by atoms with Gasteiger partial charge in [-0.15, -0.1) is 12.4 Å². The van der Waals surface area contributed by atoms with Crippen LogP contribution in [0.4, 0.5) is 5.69 Å². The van der Waals surface area contributed by atoms with Gasteiger partial charge in [0.1, 0.15) is 0 Å². The van der Waals surface area contributed by atoms with Gasteiger partial charge >= 0.3 is 0 Å². The Balaban J connectivity index is 0.00000324. The van der Waals surface area contributed by atoms with Crippen LogP contribution in [0.5, 0.6) is 0 Å². The van der Waals surface area contributed by atoms with Gasteiger partial charge in [-0.1, -0.05) is 13.8 Å². The first-order valence-electron chi connectivity index (χ1n) is 6.10. The van der Waals surface area contributed by atoms with Crippen LogP contribution in [-0.2, 0) is 16.1 Å². The Bertz CT molecular complexity index is 382. The largest absolute Gasteiger partial charge is 0.383 e. The zero-order valence-corrected chi connectivity index (χ0v) is 12.4. The molecule has 0 bridgehead atoms. The Morgan fingerprint density at radius 1 is 1.58 bits per heavy atom. The van der Waals surface area contributed by atoms with Gasteiger partial charge in [-0.05, 0) is 12.3 Å². The van der Waals surface area contributed by atoms with Crippen molar-refractivity contribution in [1.29, 1.82) is 0 Å². The summed E-state index contributed by atoms with van der Waals surface area (Å²) in [6, 6.07) is -0.479. The molecular weight excluding hydrogens is 268 g/mol. The van der Waals surface area contributed by atoms with Crippen LogP contribution in [0.1, 0.15) is 20.3 Å². The summed E-state index contributed by atoms with van der Waals surface area (Å²) >= 11 is 0. The summed E-state index contributed by atoms with van der Waals surface area (Å²) in [7, 11) is 1.64. The second-order valence-corrected chi connectivity index (χ2v) is 4.71. The highest BCUT2D eigenvalue weighted by atomic mass is 35.5. The van der Waals surface area contributed by atoms with Crippen molar-refractivity contribution in [2.45, 2.75) is 32.9 Å². The quantitative estimate of drug-likeness (QED) is 0.792. The van der Waals surface area contributed by atoms with Crippen LogP contribution >= 0.6 is 12.4 Å². The van der Waals surface area contributed by atoms with E-state index in [1.54, 1.807) is 24.2 Å². The number of ether oxygens (including phenoxy) is 1. The maximum Gasteiger partial charge on any atom is 0.241 e. The number of hydrogen-bond donors (Lipinski definition) is 2. The summed E-state index contributed by atoms with van der Waals surface area (Å²) in [4.78, 5) is 11.8. The van der Waals surface area contributed by atoms with Gasteiger partial charge in [0.25, 0.3) is 0 Å². The third-order valence-electron chi connectivity index (χ3n) is 2.49. The van der Waals surface area contributed by atoms with Gasteiger partial charge < -0.3 is 15.8 Å². The minimum absolute atomic E-state index is 0. The fourth-order valence-electron chi connectivity index (χ4n) is 1.59. The minimum Gasteiger partial charge on any atom is -0.383 e. The number of carbonyl (C=O) groups is 1. The van der Waals surface area contributed by atoms with Crippen LogP contribution < -0.4 is 11.1 Å². The van der Waals surface area contributed by atoms with E-state index in [0.29, 0.717) is 31.2 Å². The Labute approximate surface area is 120 Å². The van der Waals surface area contributed by atoms with E-state index in [1.807, 2.05) is 13.8 Å². The van der Waals surface area contributed by atoms with E-state index in [0.717, 1.165) is 0 Å². The number of carbonyl (C=O) groups excluding carboxylic acids is 1. The average molecular weight is 291 g/mol. The number of hydrogen-bond acceptors (Lipinski definition) is 4. The number of amides is 1. The van der Waals surface area contributed by atoms with Gasteiger partial charge in [-0.3, -0.25) is 9.48 Å². The molecule has 1 rings (SSSR count). The van der Waals surface area contributed by atoms with E-state index in [-0.39, 0.29) is 18.3 Å². The second-order valence-electron chi connectivity index (χ2n) is 4.71. The molecule has 1 amide bonds. The van der Waals surface area contributed by atoms with Crippen molar-refractivity contribution in [3.63, 3.8) is 0 Å². The number of halogens is 1. The van der Waals surface area contributed by atoms with Crippen LogP contribution in [-0.4, -0.2) is 35.4 Å². The van der Waals surface area contributed by atoms with E-state index in [4.69, 9.17) is 10.5 Å². The normalized spacial score (nSPS) is 12.1. The van der Waals surface area contributed by atoms with Crippen LogP contribution in [0.3, 0.4) is 0 Å². The fraction of sp³-hybridized carbons (Fsp3) is 0.667. The standard InChI is InChI=1S/C12H22N4O2.ClH/c1-9(2)6-11(13)12(17)15-10-7-14-16(8-10)4-5-18-3;/h7-9,11H,4-6,13H2,1-3H3,(H,15,17);1H/t11-;/m0./s1. The smallest absolute Gasteiger partial charge is 0.241 e. The summed E-state index contributed by atoms with van der Waals surface area (Å²) in [5.41, 5.74) is 6.46. The molecule has 1 aromatic rings.